The van der Waals surface area contributed by atoms with E-state index in [0.717, 1.165) is 37.6 Å². The average molecular weight is 489 g/mol. The number of hydrogen-bond donors (Lipinski definition) is 2. The van der Waals surface area contributed by atoms with Gasteiger partial charge < -0.3 is 25.0 Å². The predicted octanol–water partition coefficient (Wildman–Crippen LogP) is 4.11. The van der Waals surface area contributed by atoms with Gasteiger partial charge in [-0.15, -0.1) is 0 Å². The second-order valence-electron chi connectivity index (χ2n) is 8.62. The van der Waals surface area contributed by atoms with E-state index < -0.39 is 0 Å². The Morgan fingerprint density at radius 2 is 1.56 bits per heavy atom. The maximum Gasteiger partial charge on any atom is 0.255 e. The zero-order valence-corrected chi connectivity index (χ0v) is 20.9. The van der Waals surface area contributed by atoms with Gasteiger partial charge in [0.1, 0.15) is 11.5 Å². The van der Waals surface area contributed by atoms with E-state index in [1.807, 2.05) is 37.3 Å². The minimum Gasteiger partial charge on any atom is -0.497 e. The van der Waals surface area contributed by atoms with Crippen molar-refractivity contribution in [1.82, 2.24) is 4.90 Å². The van der Waals surface area contributed by atoms with Crippen LogP contribution in [0.15, 0.2) is 72.8 Å². The molecule has 1 aliphatic rings. The molecule has 2 amide bonds. The molecule has 8 heteroatoms. The molecule has 4 rings (SSSR count). The first-order valence-corrected chi connectivity index (χ1v) is 12.0. The molecule has 0 spiro atoms. The predicted molar refractivity (Wildman–Crippen MR) is 142 cm³/mol. The van der Waals surface area contributed by atoms with Crippen molar-refractivity contribution in [2.45, 2.75) is 13.0 Å². The van der Waals surface area contributed by atoms with Crippen LogP contribution in [0.1, 0.15) is 17.3 Å². The number of hydrogen-bond acceptors (Lipinski definition) is 6. The fourth-order valence-corrected chi connectivity index (χ4v) is 4.23. The third-order valence-electron chi connectivity index (χ3n) is 6.43. The monoisotopic (exact) mass is 488 g/mol. The van der Waals surface area contributed by atoms with Gasteiger partial charge in [0, 0.05) is 49.2 Å². The number of carbonyl (C=O) groups excluding carboxylic acids is 2. The molecular formula is C28H32N4O4. The molecule has 0 bridgehead atoms. The van der Waals surface area contributed by atoms with Gasteiger partial charge in [-0.2, -0.15) is 0 Å². The number of benzene rings is 3. The maximum atomic E-state index is 12.9. The lowest BCUT2D eigenvalue weighted by atomic mass is 10.1. The van der Waals surface area contributed by atoms with E-state index in [1.165, 1.54) is 0 Å². The Balaban J connectivity index is 1.29. The summed E-state index contributed by atoms with van der Waals surface area (Å²) in [6, 6.07) is 21.9. The van der Waals surface area contributed by atoms with Crippen LogP contribution in [0.3, 0.4) is 0 Å². The highest BCUT2D eigenvalue weighted by molar-refractivity contribution is 6.05. The van der Waals surface area contributed by atoms with Gasteiger partial charge in [0.2, 0.25) is 5.91 Å². The molecule has 2 N–H and O–H groups in total. The van der Waals surface area contributed by atoms with Crippen LogP contribution in [0.5, 0.6) is 11.5 Å². The average Bonchev–Trinajstić information content (AvgIpc) is 2.93. The number of methoxy groups -OCH3 is 2. The summed E-state index contributed by atoms with van der Waals surface area (Å²) in [5.74, 6) is 1.11. The number of nitrogens with zero attached hydrogens (tertiary/aromatic N) is 2. The highest BCUT2D eigenvalue weighted by Crippen LogP contribution is 2.25. The van der Waals surface area contributed by atoms with Gasteiger partial charge in [0.05, 0.1) is 25.9 Å². The largest absolute Gasteiger partial charge is 0.497 e. The number of ether oxygens (including phenoxy) is 2. The lowest BCUT2D eigenvalue weighted by Crippen LogP contribution is -2.52. The summed E-state index contributed by atoms with van der Waals surface area (Å²) in [6.07, 6.45) is 0. The number of rotatable bonds is 8. The quantitative estimate of drug-likeness (QED) is 0.497. The molecule has 0 saturated carbocycles. The van der Waals surface area contributed by atoms with E-state index in [4.69, 9.17) is 9.47 Å². The van der Waals surface area contributed by atoms with Crippen LogP contribution in [0.4, 0.5) is 17.1 Å². The first-order chi connectivity index (χ1) is 17.5. The molecule has 188 valence electrons. The molecule has 3 aromatic rings. The zero-order valence-electron chi connectivity index (χ0n) is 20.9. The van der Waals surface area contributed by atoms with Gasteiger partial charge in [-0.05, 0) is 55.5 Å². The van der Waals surface area contributed by atoms with E-state index in [1.54, 1.807) is 50.6 Å². The van der Waals surface area contributed by atoms with Crippen LogP contribution < -0.4 is 25.0 Å². The van der Waals surface area contributed by atoms with E-state index in [-0.39, 0.29) is 17.9 Å². The number of nitrogens with one attached hydrogen (secondary N) is 2. The molecule has 1 aliphatic heterocycles. The minimum absolute atomic E-state index is 0.0731. The topological polar surface area (TPSA) is 83.1 Å². The summed E-state index contributed by atoms with van der Waals surface area (Å²) >= 11 is 0. The van der Waals surface area contributed by atoms with Gasteiger partial charge in [-0.25, -0.2) is 0 Å². The summed E-state index contributed by atoms with van der Waals surface area (Å²) in [5, 5.41) is 5.82. The minimum atomic E-state index is -0.272. The van der Waals surface area contributed by atoms with Gasteiger partial charge in [-0.3, -0.25) is 14.5 Å². The van der Waals surface area contributed by atoms with Crippen LogP contribution in [0.2, 0.25) is 0 Å². The molecular weight excluding hydrogens is 456 g/mol. The fourth-order valence-electron chi connectivity index (χ4n) is 4.23. The van der Waals surface area contributed by atoms with Gasteiger partial charge in [-0.1, -0.05) is 18.2 Å². The first-order valence-electron chi connectivity index (χ1n) is 12.0. The molecule has 1 saturated heterocycles. The second-order valence-corrected chi connectivity index (χ2v) is 8.62. The summed E-state index contributed by atoms with van der Waals surface area (Å²) in [5.41, 5.74) is 2.86. The fraction of sp³-hybridized carbons (Fsp3) is 0.286. The Morgan fingerprint density at radius 1 is 0.833 bits per heavy atom. The van der Waals surface area contributed by atoms with Crippen LogP contribution in [-0.2, 0) is 4.79 Å². The smallest absolute Gasteiger partial charge is 0.255 e. The molecule has 0 aliphatic carbocycles. The third kappa shape index (κ3) is 5.95. The summed E-state index contributed by atoms with van der Waals surface area (Å²) in [7, 11) is 3.23. The van der Waals surface area contributed by atoms with Crippen molar-refractivity contribution in [2.75, 3.05) is 55.9 Å². The highest BCUT2D eigenvalue weighted by atomic mass is 16.5. The van der Waals surface area contributed by atoms with Crippen LogP contribution >= 0.6 is 0 Å². The standard InChI is InChI=1S/C28H32N4O4/c1-20(31-15-17-32(18-16-31)23-7-6-8-24(19-23)35-2)27(33)29-22-13-11-21(12-14-22)28(34)30-25-9-4-5-10-26(25)36-3/h4-14,19-20H,15-18H2,1-3H3,(H,29,33)(H,30,34)/t20-/m1/s1. The van der Waals surface area contributed by atoms with Crippen molar-refractivity contribution in [3.8, 4) is 11.5 Å². The molecule has 0 aromatic heterocycles. The SMILES string of the molecule is COc1cccc(N2CCN([C@H](C)C(=O)Nc3ccc(C(=O)Nc4ccccc4OC)cc3)CC2)c1. The Labute approximate surface area is 211 Å². The molecule has 0 radical (unpaired) electrons. The van der Waals surface area contributed by atoms with E-state index in [9.17, 15) is 9.59 Å². The molecule has 0 unspecified atom stereocenters. The third-order valence-corrected chi connectivity index (χ3v) is 6.43. The normalized spacial score (nSPS) is 14.6. The van der Waals surface area contributed by atoms with Gasteiger partial charge >= 0.3 is 0 Å². The Hall–Kier alpha value is -4.04. The summed E-state index contributed by atoms with van der Waals surface area (Å²) < 4.78 is 10.6. The van der Waals surface area contributed by atoms with Crippen molar-refractivity contribution in [3.05, 3.63) is 78.4 Å². The Morgan fingerprint density at radius 3 is 2.25 bits per heavy atom. The number of amides is 2. The second kappa shape index (κ2) is 11.6. The zero-order chi connectivity index (χ0) is 25.5. The molecule has 3 aromatic carbocycles. The van der Waals surface area contributed by atoms with E-state index in [0.29, 0.717) is 22.7 Å². The van der Waals surface area contributed by atoms with E-state index >= 15 is 0 Å². The van der Waals surface area contributed by atoms with Crippen molar-refractivity contribution in [2.24, 2.45) is 0 Å². The number of anilines is 3. The van der Waals surface area contributed by atoms with E-state index in [2.05, 4.69) is 26.5 Å². The Bertz CT molecular complexity index is 1190. The lowest BCUT2D eigenvalue weighted by Gasteiger charge is -2.38. The molecule has 1 fully saturated rings. The van der Waals surface area contributed by atoms with Crippen molar-refractivity contribution < 1.29 is 19.1 Å². The summed E-state index contributed by atoms with van der Waals surface area (Å²) in [6.45, 7) is 5.16. The molecule has 8 nitrogen and oxygen atoms in total. The lowest BCUT2D eigenvalue weighted by molar-refractivity contribution is -0.120. The van der Waals surface area contributed by atoms with Crippen LogP contribution in [-0.4, -0.2) is 63.2 Å². The van der Waals surface area contributed by atoms with Crippen LogP contribution in [0, 0.1) is 0 Å². The van der Waals surface area contributed by atoms with Gasteiger partial charge in [0.15, 0.2) is 0 Å². The Kier molecular flexibility index (Phi) is 8.07. The summed E-state index contributed by atoms with van der Waals surface area (Å²) in [4.78, 5) is 30.0. The number of piperazine rings is 1. The van der Waals surface area contributed by atoms with Crippen molar-refractivity contribution in [1.29, 1.82) is 0 Å². The molecule has 1 atom stereocenters. The maximum absolute atomic E-state index is 12.9. The molecule has 1 heterocycles. The van der Waals surface area contributed by atoms with Crippen molar-refractivity contribution >= 4 is 28.9 Å². The number of carbonyl (C=O) groups is 2. The molecule has 36 heavy (non-hydrogen) atoms. The number of para-hydroxylation sites is 2. The highest BCUT2D eigenvalue weighted by Gasteiger charge is 2.26. The van der Waals surface area contributed by atoms with Crippen molar-refractivity contribution in [3.63, 3.8) is 0 Å². The first kappa shape index (κ1) is 25.1. The van der Waals surface area contributed by atoms with Gasteiger partial charge in [0.25, 0.3) is 5.91 Å². The van der Waals surface area contributed by atoms with Crippen LogP contribution in [0.25, 0.3) is 0 Å².